The molecule has 36 heavy (non-hydrogen) atoms. The molecule has 4 heterocycles. The van der Waals surface area contributed by atoms with E-state index in [-0.39, 0.29) is 30.7 Å². The van der Waals surface area contributed by atoms with Crippen molar-refractivity contribution in [3.63, 3.8) is 0 Å². The summed E-state index contributed by atoms with van der Waals surface area (Å²) in [5, 5.41) is 24.0. The molecular weight excluding hydrogens is 469 g/mol. The molecule has 2 aromatic heterocycles. The number of aromatic nitrogens is 2. The first-order valence-electron chi connectivity index (χ1n) is 11.9. The quantitative estimate of drug-likeness (QED) is 0.370. The predicted octanol–water partition coefficient (Wildman–Crippen LogP) is 1.62. The third kappa shape index (κ3) is 2.88. The average Bonchev–Trinajstić information content (AvgIpc) is 3.24. The first-order valence-corrected chi connectivity index (χ1v) is 11.9. The van der Waals surface area contributed by atoms with Crippen molar-refractivity contribution in [1.29, 1.82) is 0 Å². The van der Waals surface area contributed by atoms with E-state index in [9.17, 15) is 29.0 Å². The van der Waals surface area contributed by atoms with Gasteiger partial charge < -0.3 is 24.8 Å². The molecule has 3 aromatic rings. The summed E-state index contributed by atoms with van der Waals surface area (Å²) >= 11 is 0. The van der Waals surface area contributed by atoms with Crippen LogP contribution in [0.5, 0.6) is 0 Å². The lowest BCUT2D eigenvalue weighted by Gasteiger charge is -2.31. The normalized spacial score (nSPS) is 21.6. The van der Waals surface area contributed by atoms with Crippen molar-refractivity contribution < 1.29 is 28.9 Å². The van der Waals surface area contributed by atoms with Crippen molar-refractivity contribution in [2.45, 2.75) is 57.9 Å². The number of aliphatic hydroxyl groups is 2. The summed E-state index contributed by atoms with van der Waals surface area (Å²) in [6.45, 7) is 2.60. The molecule has 186 valence electrons. The van der Waals surface area contributed by atoms with Gasteiger partial charge in [0.1, 0.15) is 19.0 Å². The van der Waals surface area contributed by atoms with Crippen LogP contribution < -0.4 is 10.9 Å². The van der Waals surface area contributed by atoms with Crippen LogP contribution in [0.3, 0.4) is 0 Å². The highest BCUT2D eigenvalue weighted by Crippen LogP contribution is 2.45. The van der Waals surface area contributed by atoms with E-state index < -0.39 is 41.5 Å². The highest BCUT2D eigenvalue weighted by molar-refractivity contribution is 5.94. The number of nitrogens with zero attached hydrogens (tertiary/aromatic N) is 2. The van der Waals surface area contributed by atoms with Gasteiger partial charge in [-0.3, -0.25) is 9.59 Å². The average molecular weight is 493 g/mol. The Hall–Kier alpha value is -3.63. The fourth-order valence-electron chi connectivity index (χ4n) is 5.94. The van der Waals surface area contributed by atoms with E-state index in [1.807, 2.05) is 0 Å². The van der Waals surface area contributed by atoms with Gasteiger partial charge in [-0.2, -0.15) is 0 Å². The minimum absolute atomic E-state index is 0.0219. The van der Waals surface area contributed by atoms with Crippen LogP contribution in [0.15, 0.2) is 16.9 Å². The first-order chi connectivity index (χ1) is 17.2. The number of nitrogens with one attached hydrogen (secondary N) is 1. The second-order valence-electron chi connectivity index (χ2n) is 9.63. The number of cyclic esters (lactones) is 1. The molecule has 0 saturated heterocycles. The second kappa shape index (κ2) is 7.68. The Morgan fingerprint density at radius 3 is 2.81 bits per heavy atom. The summed E-state index contributed by atoms with van der Waals surface area (Å²) < 4.78 is 21.5. The summed E-state index contributed by atoms with van der Waals surface area (Å²) in [6, 6.07) is 2.50. The monoisotopic (exact) mass is 493 g/mol. The molecule has 0 spiro atoms. The number of hydrogen-bond acceptors (Lipinski definition) is 7. The highest BCUT2D eigenvalue weighted by Gasteiger charge is 2.46. The number of benzene rings is 1. The number of pyridine rings is 2. The third-order valence-corrected chi connectivity index (χ3v) is 7.86. The molecule has 0 fully saturated rings. The summed E-state index contributed by atoms with van der Waals surface area (Å²) in [5.74, 6) is -1.74. The van der Waals surface area contributed by atoms with Gasteiger partial charge >= 0.3 is 5.97 Å². The van der Waals surface area contributed by atoms with Crippen LogP contribution in [-0.4, -0.2) is 38.2 Å². The van der Waals surface area contributed by atoms with E-state index in [4.69, 9.17) is 9.72 Å². The minimum atomic E-state index is -1.95. The predicted molar refractivity (Wildman–Crippen MR) is 126 cm³/mol. The maximum absolute atomic E-state index is 14.9. The van der Waals surface area contributed by atoms with Crippen LogP contribution in [0.1, 0.15) is 59.2 Å². The Labute approximate surface area is 204 Å². The number of carbonyl (C=O) groups excluding carboxylic acids is 2. The van der Waals surface area contributed by atoms with Crippen LogP contribution in [0.2, 0.25) is 0 Å². The Morgan fingerprint density at radius 1 is 1.31 bits per heavy atom. The van der Waals surface area contributed by atoms with E-state index in [1.165, 1.54) is 10.6 Å². The zero-order chi connectivity index (χ0) is 25.5. The van der Waals surface area contributed by atoms with Gasteiger partial charge in [0.05, 0.1) is 35.1 Å². The minimum Gasteiger partial charge on any atom is -0.458 e. The second-order valence-corrected chi connectivity index (χ2v) is 9.63. The van der Waals surface area contributed by atoms with Gasteiger partial charge in [0, 0.05) is 22.6 Å². The summed E-state index contributed by atoms with van der Waals surface area (Å²) in [7, 11) is 0. The summed E-state index contributed by atoms with van der Waals surface area (Å²) in [4.78, 5) is 42.9. The molecule has 3 N–H and O–H groups in total. The number of fused-ring (bicyclic) bond motifs is 5. The number of rotatable bonds is 3. The van der Waals surface area contributed by atoms with Gasteiger partial charge in [0.15, 0.2) is 5.60 Å². The molecular formula is C26H24FN3O6. The van der Waals surface area contributed by atoms with Gasteiger partial charge in [-0.25, -0.2) is 14.2 Å². The Bertz CT molecular complexity index is 1580. The zero-order valence-corrected chi connectivity index (χ0v) is 19.8. The summed E-state index contributed by atoms with van der Waals surface area (Å²) in [5.41, 5.74) is 2.09. The van der Waals surface area contributed by atoms with Crippen LogP contribution in [0.4, 0.5) is 4.39 Å². The highest BCUT2D eigenvalue weighted by atomic mass is 19.1. The lowest BCUT2D eigenvalue weighted by Crippen LogP contribution is -2.44. The number of carbonyl (C=O) groups is 2. The van der Waals surface area contributed by atoms with Crippen molar-refractivity contribution in [1.82, 2.24) is 14.9 Å². The van der Waals surface area contributed by atoms with Crippen molar-refractivity contribution >= 4 is 22.8 Å². The van der Waals surface area contributed by atoms with Crippen LogP contribution in [0, 0.1) is 12.7 Å². The SMILES string of the molecule is CC[C@@]1(O)C(=O)OCc2c1cc1n(c2=O)Cc2c-1nc1cc(F)c(C)c3c1c2[C@H](NC(=O)CO)CC3. The molecule has 1 amide bonds. The molecule has 9 nitrogen and oxygen atoms in total. The van der Waals surface area contributed by atoms with Gasteiger partial charge in [-0.1, -0.05) is 6.92 Å². The lowest BCUT2D eigenvalue weighted by molar-refractivity contribution is -0.172. The van der Waals surface area contributed by atoms with E-state index >= 15 is 0 Å². The van der Waals surface area contributed by atoms with Crippen molar-refractivity contribution in [3.05, 3.63) is 61.7 Å². The third-order valence-electron chi connectivity index (χ3n) is 7.86. The number of aliphatic hydroxyl groups excluding tert-OH is 1. The van der Waals surface area contributed by atoms with Crippen LogP contribution in [0.25, 0.3) is 22.3 Å². The first kappa shape index (κ1) is 22.8. The van der Waals surface area contributed by atoms with Crippen molar-refractivity contribution in [2.24, 2.45) is 0 Å². The molecule has 2 atom stereocenters. The lowest BCUT2D eigenvalue weighted by atomic mass is 9.81. The fourth-order valence-corrected chi connectivity index (χ4v) is 5.94. The van der Waals surface area contributed by atoms with E-state index in [0.29, 0.717) is 40.9 Å². The molecule has 0 saturated carbocycles. The largest absolute Gasteiger partial charge is 0.458 e. The molecule has 0 unspecified atom stereocenters. The Morgan fingerprint density at radius 2 is 2.08 bits per heavy atom. The number of hydrogen-bond donors (Lipinski definition) is 3. The molecule has 0 bridgehead atoms. The summed E-state index contributed by atoms with van der Waals surface area (Å²) in [6.07, 6.45) is 1.04. The molecule has 3 aliphatic rings. The zero-order valence-electron chi connectivity index (χ0n) is 19.8. The molecule has 10 heteroatoms. The number of amides is 1. The smallest absolute Gasteiger partial charge is 0.343 e. The van der Waals surface area contributed by atoms with Gasteiger partial charge in [-0.05, 0) is 48.9 Å². The molecule has 2 aliphatic heterocycles. The van der Waals surface area contributed by atoms with Gasteiger partial charge in [0.2, 0.25) is 5.91 Å². The van der Waals surface area contributed by atoms with Crippen molar-refractivity contribution in [3.8, 4) is 11.4 Å². The maximum Gasteiger partial charge on any atom is 0.343 e. The molecule has 6 rings (SSSR count). The number of halogens is 1. The van der Waals surface area contributed by atoms with E-state index in [1.54, 1.807) is 19.9 Å². The van der Waals surface area contributed by atoms with E-state index in [2.05, 4.69) is 5.32 Å². The standard InChI is InChI=1S/C26H24FN3O6/c1-3-26(35)15-6-19-23-13(8-30(19)24(33)14(15)10-36-25(26)34)22-17(28-20(32)9-31)5-4-12-11(2)16(27)7-18(29-23)21(12)22/h6-7,17,31,35H,3-5,8-10H2,1-2H3,(H,28,32)/t17-,26+/m1/s1. The Kier molecular flexibility index (Phi) is 4.87. The Balaban J connectivity index is 1.66. The fraction of sp³-hybridized carbons (Fsp3) is 0.385. The van der Waals surface area contributed by atoms with Gasteiger partial charge in [-0.15, -0.1) is 0 Å². The number of aryl methyl sites for hydroxylation is 1. The van der Waals surface area contributed by atoms with Crippen molar-refractivity contribution in [2.75, 3.05) is 6.61 Å². The molecule has 0 radical (unpaired) electrons. The number of esters is 1. The maximum atomic E-state index is 14.9. The van der Waals surface area contributed by atoms with Crippen LogP contribution in [-0.2, 0) is 39.5 Å². The van der Waals surface area contributed by atoms with Crippen LogP contribution >= 0.6 is 0 Å². The number of ether oxygens (including phenoxy) is 1. The van der Waals surface area contributed by atoms with Gasteiger partial charge in [0.25, 0.3) is 5.56 Å². The molecule has 1 aromatic carbocycles. The van der Waals surface area contributed by atoms with E-state index in [0.717, 1.165) is 16.5 Å². The molecule has 1 aliphatic carbocycles. The topological polar surface area (TPSA) is 131 Å².